The molecule has 10 heteroatoms. The lowest BCUT2D eigenvalue weighted by Gasteiger charge is -2.26. The van der Waals surface area contributed by atoms with Gasteiger partial charge in [-0.15, -0.1) is 0 Å². The number of rotatable bonds is 10. The molecule has 0 fully saturated rings. The van der Waals surface area contributed by atoms with E-state index in [1.807, 2.05) is 63.2 Å². The second-order valence-corrected chi connectivity index (χ2v) is 10.5. The summed E-state index contributed by atoms with van der Waals surface area (Å²) >= 11 is 0. The number of amides is 3. The van der Waals surface area contributed by atoms with Gasteiger partial charge in [0, 0.05) is 12.7 Å². The van der Waals surface area contributed by atoms with Crippen molar-refractivity contribution >= 4 is 29.3 Å². The average Bonchev–Trinajstić information content (AvgIpc) is 2.98. The highest BCUT2D eigenvalue weighted by atomic mass is 19.2. The minimum absolute atomic E-state index is 0.0133. The van der Waals surface area contributed by atoms with E-state index in [9.17, 15) is 28.3 Å². The van der Waals surface area contributed by atoms with Gasteiger partial charge in [-0.25, -0.2) is 18.4 Å². The fourth-order valence-electron chi connectivity index (χ4n) is 4.88. The van der Waals surface area contributed by atoms with Gasteiger partial charge in [-0.1, -0.05) is 60.2 Å². The second-order valence-electron chi connectivity index (χ2n) is 10.5. The van der Waals surface area contributed by atoms with Crippen LogP contribution >= 0.6 is 0 Å². The Balaban J connectivity index is 1.63. The van der Waals surface area contributed by atoms with E-state index in [-0.39, 0.29) is 24.5 Å². The molecule has 0 aliphatic heterocycles. The van der Waals surface area contributed by atoms with Crippen molar-refractivity contribution in [3.63, 3.8) is 0 Å². The Bertz CT molecular complexity index is 1670. The zero-order valence-electron chi connectivity index (χ0n) is 24.8. The van der Waals surface area contributed by atoms with Gasteiger partial charge in [0.2, 0.25) is 0 Å². The van der Waals surface area contributed by atoms with Crippen LogP contribution in [0.2, 0.25) is 0 Å². The normalized spacial score (nSPS) is 11.5. The number of carbonyl (C=O) groups is 3. The van der Waals surface area contributed by atoms with Gasteiger partial charge in [0.1, 0.15) is 0 Å². The van der Waals surface area contributed by atoms with E-state index < -0.39 is 35.6 Å². The third-order valence-corrected chi connectivity index (χ3v) is 7.13. The van der Waals surface area contributed by atoms with Crippen molar-refractivity contribution in [1.29, 1.82) is 0 Å². The van der Waals surface area contributed by atoms with Gasteiger partial charge in [0.15, 0.2) is 17.7 Å². The Labute approximate surface area is 254 Å². The van der Waals surface area contributed by atoms with Gasteiger partial charge in [-0.3, -0.25) is 4.79 Å². The average molecular weight is 602 g/mol. The highest BCUT2D eigenvalue weighted by molar-refractivity contribution is 6.08. The van der Waals surface area contributed by atoms with Crippen LogP contribution in [-0.4, -0.2) is 47.6 Å². The number of aryl methyl sites for hydroxylation is 3. The lowest BCUT2D eigenvalue weighted by molar-refractivity contribution is -0.144. The number of ether oxygens (including phenoxy) is 1. The number of carboxylic acid groups (broad SMARTS) is 1. The Morgan fingerprint density at radius 3 is 2.11 bits per heavy atom. The highest BCUT2D eigenvalue weighted by Crippen LogP contribution is 2.29. The van der Waals surface area contributed by atoms with E-state index in [0.29, 0.717) is 16.8 Å². The summed E-state index contributed by atoms with van der Waals surface area (Å²) in [5, 5.41) is 15.4. The number of halogens is 2. The molecule has 0 radical (unpaired) electrons. The van der Waals surface area contributed by atoms with Crippen LogP contribution in [0.4, 0.5) is 25.0 Å². The molecule has 1 unspecified atom stereocenters. The molecule has 0 saturated heterocycles. The summed E-state index contributed by atoms with van der Waals surface area (Å²) in [6.45, 7) is 5.53. The standard InChI is InChI=1S/C34H33F2N3O5/c1-20-14-21(2)31(22(3)15-20)38-34(43)37-29-17-25(24-11-13-27(35)28(36)16-24)10-12-26(29)32(40)39(4)30(33(41)42)19-44-18-23-8-6-5-7-9-23/h5-17,30H,18-19H2,1-4H3,(H,41,42)(H2,37,38,43). The Morgan fingerprint density at radius 1 is 0.841 bits per heavy atom. The van der Waals surface area contributed by atoms with E-state index in [2.05, 4.69) is 10.6 Å². The van der Waals surface area contributed by atoms with Crippen molar-refractivity contribution in [2.24, 2.45) is 0 Å². The molecule has 8 nitrogen and oxygen atoms in total. The molecular formula is C34H33F2N3O5. The van der Waals surface area contributed by atoms with E-state index >= 15 is 0 Å². The molecule has 0 aliphatic rings. The Morgan fingerprint density at radius 2 is 1.48 bits per heavy atom. The SMILES string of the molecule is Cc1cc(C)c(NC(=O)Nc2cc(-c3ccc(F)c(F)c3)ccc2C(=O)N(C)C(COCc2ccccc2)C(=O)O)c(C)c1. The lowest BCUT2D eigenvalue weighted by Crippen LogP contribution is -2.45. The van der Waals surface area contributed by atoms with Crippen molar-refractivity contribution < 1.29 is 33.0 Å². The molecule has 0 bridgehead atoms. The zero-order valence-corrected chi connectivity index (χ0v) is 24.8. The van der Waals surface area contributed by atoms with Crippen LogP contribution in [0.15, 0.2) is 78.9 Å². The monoisotopic (exact) mass is 601 g/mol. The number of hydrogen-bond acceptors (Lipinski definition) is 4. The van der Waals surface area contributed by atoms with E-state index in [1.165, 1.54) is 31.3 Å². The predicted octanol–water partition coefficient (Wildman–Crippen LogP) is 6.94. The number of carbonyl (C=O) groups excluding carboxylic acids is 2. The van der Waals surface area contributed by atoms with Gasteiger partial charge >= 0.3 is 12.0 Å². The summed E-state index contributed by atoms with van der Waals surface area (Å²) < 4.78 is 33.2. The van der Waals surface area contributed by atoms with Crippen LogP contribution in [0.5, 0.6) is 0 Å². The van der Waals surface area contributed by atoms with Crippen molar-refractivity contribution in [3.05, 3.63) is 118 Å². The molecule has 4 rings (SSSR count). The number of nitrogens with one attached hydrogen (secondary N) is 2. The van der Waals surface area contributed by atoms with Gasteiger partial charge in [0.25, 0.3) is 5.91 Å². The van der Waals surface area contributed by atoms with Crippen LogP contribution < -0.4 is 10.6 Å². The lowest BCUT2D eigenvalue weighted by atomic mass is 10.0. The number of aliphatic carboxylic acids is 1. The first kappa shape index (κ1) is 31.8. The summed E-state index contributed by atoms with van der Waals surface area (Å²) in [6, 6.07) is 18.7. The number of likely N-dealkylation sites (N-methyl/N-ethyl adjacent to an activating group) is 1. The first-order valence-electron chi connectivity index (χ1n) is 13.8. The van der Waals surface area contributed by atoms with E-state index in [4.69, 9.17) is 4.74 Å². The summed E-state index contributed by atoms with van der Waals surface area (Å²) in [7, 11) is 1.33. The predicted molar refractivity (Wildman–Crippen MR) is 165 cm³/mol. The van der Waals surface area contributed by atoms with Crippen LogP contribution in [0.3, 0.4) is 0 Å². The van der Waals surface area contributed by atoms with Gasteiger partial charge < -0.3 is 25.4 Å². The van der Waals surface area contributed by atoms with Gasteiger partial charge in [-0.2, -0.15) is 0 Å². The maximum atomic E-state index is 14.0. The highest BCUT2D eigenvalue weighted by Gasteiger charge is 2.29. The molecule has 0 aliphatic carbocycles. The number of hydrogen-bond donors (Lipinski definition) is 3. The maximum absolute atomic E-state index is 14.0. The Hall–Kier alpha value is -5.09. The first-order chi connectivity index (χ1) is 20.9. The summed E-state index contributed by atoms with van der Waals surface area (Å²) in [5.74, 6) is -4.04. The van der Waals surface area contributed by atoms with Crippen LogP contribution in [0, 0.1) is 32.4 Å². The van der Waals surface area contributed by atoms with Crippen LogP contribution in [-0.2, 0) is 16.1 Å². The molecule has 228 valence electrons. The molecule has 0 aromatic heterocycles. The fraction of sp³-hybridized carbons (Fsp3) is 0.206. The van der Waals surface area contributed by atoms with Crippen molar-refractivity contribution in [2.45, 2.75) is 33.4 Å². The molecule has 4 aromatic rings. The summed E-state index contributed by atoms with van der Waals surface area (Å²) in [6.07, 6.45) is 0. The molecule has 0 spiro atoms. The zero-order chi connectivity index (χ0) is 32.0. The molecule has 44 heavy (non-hydrogen) atoms. The summed E-state index contributed by atoms with van der Waals surface area (Å²) in [4.78, 5) is 40.1. The number of benzene rings is 4. The molecule has 3 N–H and O–H groups in total. The number of carboxylic acids is 1. The molecule has 4 aromatic carbocycles. The number of urea groups is 1. The van der Waals surface area contributed by atoms with Crippen LogP contribution in [0.25, 0.3) is 11.1 Å². The molecule has 1 atom stereocenters. The third-order valence-electron chi connectivity index (χ3n) is 7.13. The summed E-state index contributed by atoms with van der Waals surface area (Å²) in [5.41, 5.74) is 4.87. The van der Waals surface area contributed by atoms with Crippen molar-refractivity contribution in [3.8, 4) is 11.1 Å². The largest absolute Gasteiger partial charge is 0.480 e. The quantitative estimate of drug-likeness (QED) is 0.183. The fourth-order valence-corrected chi connectivity index (χ4v) is 4.88. The first-order valence-corrected chi connectivity index (χ1v) is 13.8. The van der Waals surface area contributed by atoms with Crippen molar-refractivity contribution in [1.82, 2.24) is 4.90 Å². The minimum Gasteiger partial charge on any atom is -0.480 e. The smallest absolute Gasteiger partial charge is 0.328 e. The molecular weight excluding hydrogens is 568 g/mol. The topological polar surface area (TPSA) is 108 Å². The molecule has 0 saturated carbocycles. The second kappa shape index (κ2) is 13.9. The van der Waals surface area contributed by atoms with E-state index in [0.717, 1.165) is 39.3 Å². The van der Waals surface area contributed by atoms with Crippen LogP contribution in [0.1, 0.15) is 32.6 Å². The van der Waals surface area contributed by atoms with Gasteiger partial charge in [0.05, 0.1) is 24.5 Å². The number of nitrogens with zero attached hydrogens (tertiary/aromatic N) is 1. The minimum atomic E-state index is -1.34. The third kappa shape index (κ3) is 7.64. The van der Waals surface area contributed by atoms with Crippen molar-refractivity contribution in [2.75, 3.05) is 24.3 Å². The maximum Gasteiger partial charge on any atom is 0.328 e. The molecule has 0 heterocycles. The van der Waals surface area contributed by atoms with Gasteiger partial charge in [-0.05, 0) is 72.9 Å². The van der Waals surface area contributed by atoms with E-state index in [1.54, 1.807) is 0 Å². The number of anilines is 2. The Kier molecular flexibility index (Phi) is 10.1. The molecule has 3 amide bonds.